The van der Waals surface area contributed by atoms with Crippen LogP contribution >= 0.6 is 0 Å². The lowest BCUT2D eigenvalue weighted by Crippen LogP contribution is -2.52. The van der Waals surface area contributed by atoms with Gasteiger partial charge in [-0.3, -0.25) is 19.1 Å². The SMILES string of the molecule is COC(=O)CCCCN1C(=O)[C@@]2(O[C@@H](CCn3cc(CCO)nn3)[C@H]([Si](C)(C)c3ccc(OC)cc3)[C@H]2C)c2cc(-n3ncc4ccccc4c3=O)ccc21. The number of anilines is 1. The van der Waals surface area contributed by atoms with Gasteiger partial charge in [-0.25, -0.2) is 0 Å². The van der Waals surface area contributed by atoms with Gasteiger partial charge >= 0.3 is 5.97 Å². The van der Waals surface area contributed by atoms with Gasteiger partial charge in [0.05, 0.1) is 57.0 Å². The topological polar surface area (TPSA) is 151 Å². The number of esters is 1. The lowest BCUT2D eigenvalue weighted by atomic mass is 9.82. The molecular weight excluding hydrogens is 717 g/mol. The summed E-state index contributed by atoms with van der Waals surface area (Å²) in [6, 6.07) is 21.2. The first-order chi connectivity index (χ1) is 26.5. The zero-order valence-corrected chi connectivity index (χ0v) is 33.0. The molecule has 0 saturated carbocycles. The summed E-state index contributed by atoms with van der Waals surface area (Å²) < 4.78 is 20.8. The Kier molecular flexibility index (Phi) is 10.7. The van der Waals surface area contributed by atoms with Gasteiger partial charge in [0, 0.05) is 55.6 Å². The molecule has 4 atom stereocenters. The summed E-state index contributed by atoms with van der Waals surface area (Å²) in [6.45, 7) is 7.67. The van der Waals surface area contributed by atoms with E-state index < -0.39 is 13.7 Å². The highest BCUT2D eigenvalue weighted by Crippen LogP contribution is 2.60. The number of aliphatic hydroxyl groups excluding tert-OH is 1. The van der Waals surface area contributed by atoms with Gasteiger partial charge in [0.2, 0.25) is 0 Å². The summed E-state index contributed by atoms with van der Waals surface area (Å²) in [5, 5.41) is 25.0. The van der Waals surface area contributed by atoms with E-state index in [1.54, 1.807) is 29.0 Å². The molecule has 0 bridgehead atoms. The van der Waals surface area contributed by atoms with Crippen LogP contribution in [0, 0.1) is 5.92 Å². The number of unbranched alkanes of at least 4 members (excludes halogenated alkanes) is 1. The van der Waals surface area contributed by atoms with E-state index in [0.717, 1.165) is 16.8 Å². The molecule has 1 spiro atoms. The van der Waals surface area contributed by atoms with E-state index in [0.29, 0.717) is 61.1 Å². The molecule has 7 rings (SSSR count). The van der Waals surface area contributed by atoms with Crippen molar-refractivity contribution in [3.05, 3.63) is 101 Å². The third kappa shape index (κ3) is 6.87. The summed E-state index contributed by atoms with van der Waals surface area (Å²) in [4.78, 5) is 42.8. The molecule has 0 unspecified atom stereocenters. The summed E-state index contributed by atoms with van der Waals surface area (Å²) >= 11 is 0. The monoisotopic (exact) mass is 764 g/mol. The molecule has 2 aliphatic heterocycles. The third-order valence-electron chi connectivity index (χ3n) is 11.6. The van der Waals surface area contributed by atoms with Crippen LogP contribution in [-0.4, -0.2) is 83.3 Å². The molecule has 1 saturated heterocycles. The number of amides is 1. The van der Waals surface area contributed by atoms with Crippen LogP contribution in [0.15, 0.2) is 83.9 Å². The van der Waals surface area contributed by atoms with Crippen molar-refractivity contribution in [2.45, 2.75) is 75.9 Å². The number of aromatic nitrogens is 5. The van der Waals surface area contributed by atoms with E-state index >= 15 is 4.79 Å². The van der Waals surface area contributed by atoms with Crippen LogP contribution in [0.5, 0.6) is 5.75 Å². The van der Waals surface area contributed by atoms with E-state index in [4.69, 9.17) is 14.2 Å². The molecule has 2 aromatic heterocycles. The Morgan fingerprint density at radius 1 is 1.02 bits per heavy atom. The van der Waals surface area contributed by atoms with Gasteiger partial charge < -0.3 is 24.2 Å². The minimum Gasteiger partial charge on any atom is -0.497 e. The number of aryl methyl sites for hydroxylation is 1. The third-order valence-corrected chi connectivity index (χ3v) is 16.0. The minimum absolute atomic E-state index is 0.0161. The lowest BCUT2D eigenvalue weighted by Gasteiger charge is -2.37. The van der Waals surface area contributed by atoms with Crippen LogP contribution in [-0.2, 0) is 37.6 Å². The number of carbonyl (C=O) groups excluding carboxylic acids is 2. The number of carbonyl (C=O) groups is 2. The van der Waals surface area contributed by atoms with Gasteiger partial charge in [-0.2, -0.15) is 9.78 Å². The van der Waals surface area contributed by atoms with E-state index in [1.165, 1.54) is 17.0 Å². The zero-order valence-electron chi connectivity index (χ0n) is 32.0. The van der Waals surface area contributed by atoms with Gasteiger partial charge in [-0.1, -0.05) is 60.7 Å². The Labute approximate surface area is 320 Å². The molecule has 55 heavy (non-hydrogen) atoms. The smallest absolute Gasteiger partial charge is 0.305 e. The van der Waals surface area contributed by atoms with Crippen LogP contribution in [0.25, 0.3) is 16.5 Å². The van der Waals surface area contributed by atoms with Crippen LogP contribution in [0.2, 0.25) is 18.6 Å². The van der Waals surface area contributed by atoms with Crippen molar-refractivity contribution in [2.75, 3.05) is 32.3 Å². The molecule has 2 aliphatic rings. The summed E-state index contributed by atoms with van der Waals surface area (Å²) in [7, 11) is 0.593. The Bertz CT molecular complexity index is 2260. The Morgan fingerprint density at radius 3 is 2.55 bits per heavy atom. The molecule has 4 heterocycles. The normalized spacial score (nSPS) is 20.7. The van der Waals surface area contributed by atoms with E-state index in [-0.39, 0.29) is 48.0 Å². The Morgan fingerprint density at radius 2 is 1.80 bits per heavy atom. The van der Waals surface area contributed by atoms with Gasteiger partial charge in [0.25, 0.3) is 11.5 Å². The van der Waals surface area contributed by atoms with Crippen LogP contribution < -0.4 is 20.4 Å². The van der Waals surface area contributed by atoms with Crippen molar-refractivity contribution in [1.82, 2.24) is 24.8 Å². The molecule has 13 nitrogen and oxygen atoms in total. The molecule has 5 aromatic rings. The van der Waals surface area contributed by atoms with Crippen molar-refractivity contribution >= 4 is 41.6 Å². The maximum Gasteiger partial charge on any atom is 0.305 e. The van der Waals surface area contributed by atoms with Crippen molar-refractivity contribution in [2.24, 2.45) is 5.92 Å². The molecular formula is C41H48N6O7Si. The summed E-state index contributed by atoms with van der Waals surface area (Å²) in [5.41, 5.74) is 1.03. The highest BCUT2D eigenvalue weighted by atomic mass is 28.3. The average Bonchev–Trinajstić information content (AvgIpc) is 3.85. The molecule has 288 valence electrons. The Balaban J connectivity index is 1.33. The number of nitrogens with zero attached hydrogens (tertiary/aromatic N) is 6. The number of benzene rings is 3. The predicted octanol–water partition coefficient (Wildman–Crippen LogP) is 4.52. The highest BCUT2D eigenvalue weighted by molar-refractivity contribution is 6.91. The molecule has 1 N–H and O–H groups in total. The second-order valence-electron chi connectivity index (χ2n) is 15.0. The molecule has 0 radical (unpaired) electrons. The zero-order chi connectivity index (χ0) is 38.9. The second-order valence-corrected chi connectivity index (χ2v) is 19.7. The second kappa shape index (κ2) is 15.5. The average molecular weight is 765 g/mol. The van der Waals surface area contributed by atoms with Crippen LogP contribution in [0.1, 0.15) is 43.9 Å². The fourth-order valence-electron chi connectivity index (χ4n) is 8.78. The number of fused-ring (bicyclic) bond motifs is 3. The largest absolute Gasteiger partial charge is 0.497 e. The number of methoxy groups -OCH3 is 2. The van der Waals surface area contributed by atoms with Crippen molar-refractivity contribution < 1.29 is 28.9 Å². The molecule has 14 heteroatoms. The number of ether oxygens (including phenoxy) is 3. The number of hydrogen-bond acceptors (Lipinski definition) is 10. The number of rotatable bonds is 14. The van der Waals surface area contributed by atoms with Crippen molar-refractivity contribution in [1.29, 1.82) is 0 Å². The van der Waals surface area contributed by atoms with E-state index in [2.05, 4.69) is 47.6 Å². The fourth-order valence-corrected chi connectivity index (χ4v) is 12.8. The Hall–Kier alpha value is -5.18. The fraction of sp³-hybridized carbons (Fsp3) is 0.415. The summed E-state index contributed by atoms with van der Waals surface area (Å²) in [5.74, 6) is 0.0597. The predicted molar refractivity (Wildman–Crippen MR) is 211 cm³/mol. The quantitative estimate of drug-likeness (QED) is 0.0972. The minimum atomic E-state index is -2.43. The maximum atomic E-state index is 15.2. The van der Waals surface area contributed by atoms with Crippen molar-refractivity contribution in [3.63, 3.8) is 0 Å². The maximum absolute atomic E-state index is 15.2. The van der Waals surface area contributed by atoms with Gasteiger partial charge in [0.15, 0.2) is 5.60 Å². The molecule has 1 fully saturated rings. The van der Waals surface area contributed by atoms with Gasteiger partial charge in [-0.05, 0) is 61.2 Å². The molecule has 3 aromatic carbocycles. The van der Waals surface area contributed by atoms with Gasteiger partial charge in [-0.15, -0.1) is 5.10 Å². The van der Waals surface area contributed by atoms with E-state index in [9.17, 15) is 14.7 Å². The molecule has 0 aliphatic carbocycles. The molecule has 1 amide bonds. The highest BCUT2D eigenvalue weighted by Gasteiger charge is 2.66. The first-order valence-corrected chi connectivity index (χ1v) is 21.9. The number of hydrogen-bond donors (Lipinski definition) is 1. The van der Waals surface area contributed by atoms with Crippen LogP contribution in [0.4, 0.5) is 5.69 Å². The first kappa shape index (κ1) is 38.1. The first-order valence-electron chi connectivity index (χ1n) is 18.9. The standard InChI is InChI=1S/C41H48N6O7Si/c1-27-38(55(4,5)32-16-14-31(52-2)15-17-32)36(19-22-45-26-29(20-23-48)43-44-45)54-41(27)34-24-30(47-39(50)33-11-7-6-10-28(33)25-42-47)13-18-35(34)46(40(41)51)21-9-8-12-37(49)53-3/h6-7,10-11,13-18,24-27,36,38,48H,8-9,12,19-23H2,1-5H3/t27-,36+,38-,41+/m1/s1. The summed E-state index contributed by atoms with van der Waals surface area (Å²) in [6.07, 6.45) is 5.56. The van der Waals surface area contributed by atoms with Crippen molar-refractivity contribution in [3.8, 4) is 11.4 Å². The van der Waals surface area contributed by atoms with Crippen LogP contribution in [0.3, 0.4) is 0 Å². The van der Waals surface area contributed by atoms with E-state index in [1.807, 2.05) is 54.7 Å². The lowest BCUT2D eigenvalue weighted by molar-refractivity contribution is -0.146. The number of aliphatic hydroxyl groups is 1. The van der Waals surface area contributed by atoms with Gasteiger partial charge in [0.1, 0.15) is 5.75 Å².